The average Bonchev–Trinajstić information content (AvgIpc) is 2.92. The van der Waals surface area contributed by atoms with E-state index in [0.717, 1.165) is 30.0 Å². The lowest BCUT2D eigenvalue weighted by Crippen LogP contribution is -2.15. The van der Waals surface area contributed by atoms with E-state index < -0.39 is 0 Å². The summed E-state index contributed by atoms with van der Waals surface area (Å²) in [6.07, 6.45) is 0. The van der Waals surface area contributed by atoms with Gasteiger partial charge >= 0.3 is 0 Å². The lowest BCUT2D eigenvalue weighted by molar-refractivity contribution is 0.273. The zero-order valence-corrected chi connectivity index (χ0v) is 12.2. The van der Waals surface area contributed by atoms with Crippen molar-refractivity contribution < 1.29 is 13.9 Å². The van der Waals surface area contributed by atoms with E-state index in [1.165, 1.54) is 12.7 Å². The van der Waals surface area contributed by atoms with Crippen molar-refractivity contribution in [1.29, 1.82) is 0 Å². The van der Waals surface area contributed by atoms with Crippen LogP contribution in [0.3, 0.4) is 0 Å². The van der Waals surface area contributed by atoms with Crippen LogP contribution in [0.5, 0.6) is 11.5 Å². The molecule has 110 valence electrons. The molecule has 3 nitrogen and oxygen atoms in total. The van der Waals surface area contributed by atoms with Gasteiger partial charge in [-0.2, -0.15) is 0 Å². The van der Waals surface area contributed by atoms with E-state index >= 15 is 0 Å². The number of nitrogens with zero attached hydrogens (tertiary/aromatic N) is 1. The molecule has 0 unspecified atom stereocenters. The summed E-state index contributed by atoms with van der Waals surface area (Å²) in [6, 6.07) is 11.6. The standard InChI is InChI=1S/C17H18FNO2/c1-20-14-6-3-12(4-7-14)9-19-10-13-5-8-16(21-2)17(18)15(13)11-19/h3-8H,9-11H2,1-2H3. The van der Waals surface area contributed by atoms with Gasteiger partial charge in [0.15, 0.2) is 11.6 Å². The molecule has 0 saturated heterocycles. The van der Waals surface area contributed by atoms with Gasteiger partial charge in [-0.25, -0.2) is 4.39 Å². The number of hydrogen-bond donors (Lipinski definition) is 0. The first-order valence-corrected chi connectivity index (χ1v) is 6.91. The molecule has 3 rings (SSSR count). The van der Waals surface area contributed by atoms with Crippen molar-refractivity contribution in [1.82, 2.24) is 4.90 Å². The van der Waals surface area contributed by atoms with Crippen molar-refractivity contribution in [3.63, 3.8) is 0 Å². The van der Waals surface area contributed by atoms with E-state index in [-0.39, 0.29) is 5.82 Å². The van der Waals surface area contributed by atoms with Crippen LogP contribution in [0.1, 0.15) is 16.7 Å². The Labute approximate surface area is 123 Å². The van der Waals surface area contributed by atoms with Crippen molar-refractivity contribution in [3.05, 3.63) is 58.9 Å². The molecule has 0 atom stereocenters. The van der Waals surface area contributed by atoms with Crippen molar-refractivity contribution in [2.75, 3.05) is 14.2 Å². The fourth-order valence-electron chi connectivity index (χ4n) is 2.74. The highest BCUT2D eigenvalue weighted by atomic mass is 19.1. The van der Waals surface area contributed by atoms with Crippen molar-refractivity contribution in [2.45, 2.75) is 19.6 Å². The number of rotatable bonds is 4. The molecule has 0 bridgehead atoms. The molecule has 0 aliphatic carbocycles. The van der Waals surface area contributed by atoms with Gasteiger partial charge < -0.3 is 9.47 Å². The zero-order valence-electron chi connectivity index (χ0n) is 12.2. The van der Waals surface area contributed by atoms with Gasteiger partial charge in [0.25, 0.3) is 0 Å². The van der Waals surface area contributed by atoms with Gasteiger partial charge in [0.2, 0.25) is 0 Å². The van der Waals surface area contributed by atoms with Gasteiger partial charge in [-0.3, -0.25) is 4.90 Å². The van der Waals surface area contributed by atoms with Crippen molar-refractivity contribution >= 4 is 0 Å². The Morgan fingerprint density at radius 3 is 2.43 bits per heavy atom. The minimum Gasteiger partial charge on any atom is -0.497 e. The first kappa shape index (κ1) is 13.9. The summed E-state index contributed by atoms with van der Waals surface area (Å²) in [5.41, 5.74) is 2.99. The van der Waals surface area contributed by atoms with Crippen LogP contribution in [0.2, 0.25) is 0 Å². The predicted octanol–water partition coefficient (Wildman–Crippen LogP) is 3.36. The normalized spacial score (nSPS) is 14.0. The maximum absolute atomic E-state index is 14.2. The van der Waals surface area contributed by atoms with E-state index in [4.69, 9.17) is 9.47 Å². The molecule has 0 radical (unpaired) electrons. The second kappa shape index (κ2) is 5.74. The average molecular weight is 287 g/mol. The second-order valence-corrected chi connectivity index (χ2v) is 5.21. The first-order chi connectivity index (χ1) is 10.2. The molecule has 21 heavy (non-hydrogen) atoms. The van der Waals surface area contributed by atoms with Gasteiger partial charge in [-0.15, -0.1) is 0 Å². The largest absolute Gasteiger partial charge is 0.497 e. The third-order valence-electron chi connectivity index (χ3n) is 3.87. The number of benzene rings is 2. The minimum atomic E-state index is -0.229. The first-order valence-electron chi connectivity index (χ1n) is 6.91. The van der Waals surface area contributed by atoms with Crippen LogP contribution in [0.25, 0.3) is 0 Å². The number of fused-ring (bicyclic) bond motifs is 1. The number of halogens is 1. The molecule has 1 heterocycles. The van der Waals surface area contributed by atoms with Gasteiger partial charge in [0, 0.05) is 25.2 Å². The molecule has 0 saturated carbocycles. The summed E-state index contributed by atoms with van der Waals surface area (Å²) in [5.74, 6) is 0.937. The Morgan fingerprint density at radius 2 is 1.76 bits per heavy atom. The molecule has 1 aliphatic rings. The quantitative estimate of drug-likeness (QED) is 0.860. The molecular weight excluding hydrogens is 269 g/mol. The summed E-state index contributed by atoms with van der Waals surface area (Å²) in [6.45, 7) is 2.17. The maximum atomic E-state index is 14.2. The maximum Gasteiger partial charge on any atom is 0.169 e. The van der Waals surface area contributed by atoms with Gasteiger partial charge in [-0.05, 0) is 29.3 Å². The molecule has 2 aromatic carbocycles. The predicted molar refractivity (Wildman–Crippen MR) is 78.9 cm³/mol. The summed E-state index contributed by atoms with van der Waals surface area (Å²) < 4.78 is 24.4. The highest BCUT2D eigenvalue weighted by Crippen LogP contribution is 2.31. The highest BCUT2D eigenvalue weighted by Gasteiger charge is 2.24. The molecular formula is C17H18FNO2. The third kappa shape index (κ3) is 2.72. The Hall–Kier alpha value is -2.07. The topological polar surface area (TPSA) is 21.7 Å². The van der Waals surface area contributed by atoms with E-state index in [1.807, 2.05) is 30.3 Å². The van der Waals surface area contributed by atoms with Gasteiger partial charge in [0.05, 0.1) is 14.2 Å². The van der Waals surface area contributed by atoms with Gasteiger partial charge in [-0.1, -0.05) is 18.2 Å². The van der Waals surface area contributed by atoms with Crippen LogP contribution in [0.4, 0.5) is 4.39 Å². The molecule has 4 heteroatoms. The second-order valence-electron chi connectivity index (χ2n) is 5.21. The van der Waals surface area contributed by atoms with Crippen LogP contribution in [-0.4, -0.2) is 19.1 Å². The van der Waals surface area contributed by atoms with E-state index in [0.29, 0.717) is 12.3 Å². The Balaban J connectivity index is 1.73. The molecule has 2 aromatic rings. The van der Waals surface area contributed by atoms with Crippen LogP contribution in [0.15, 0.2) is 36.4 Å². The number of ether oxygens (including phenoxy) is 2. The summed E-state index contributed by atoms with van der Waals surface area (Å²) in [4.78, 5) is 2.22. The smallest absolute Gasteiger partial charge is 0.169 e. The van der Waals surface area contributed by atoms with E-state index in [9.17, 15) is 4.39 Å². The minimum absolute atomic E-state index is 0.229. The Bertz CT molecular complexity index is 640. The van der Waals surface area contributed by atoms with Crippen LogP contribution >= 0.6 is 0 Å². The van der Waals surface area contributed by atoms with Crippen LogP contribution < -0.4 is 9.47 Å². The molecule has 0 fully saturated rings. The number of methoxy groups -OCH3 is 2. The van der Waals surface area contributed by atoms with Gasteiger partial charge in [0.1, 0.15) is 5.75 Å². The van der Waals surface area contributed by atoms with Crippen molar-refractivity contribution in [2.24, 2.45) is 0 Å². The van der Waals surface area contributed by atoms with E-state index in [1.54, 1.807) is 13.2 Å². The van der Waals surface area contributed by atoms with Crippen LogP contribution in [0, 0.1) is 5.82 Å². The fraction of sp³-hybridized carbons (Fsp3) is 0.294. The Kier molecular flexibility index (Phi) is 3.80. The summed E-state index contributed by atoms with van der Waals surface area (Å²) >= 11 is 0. The zero-order chi connectivity index (χ0) is 14.8. The summed E-state index contributed by atoms with van der Waals surface area (Å²) in [7, 11) is 3.15. The lowest BCUT2D eigenvalue weighted by Gasteiger charge is -2.15. The third-order valence-corrected chi connectivity index (χ3v) is 3.87. The monoisotopic (exact) mass is 287 g/mol. The Morgan fingerprint density at radius 1 is 1.00 bits per heavy atom. The molecule has 0 amide bonds. The lowest BCUT2D eigenvalue weighted by atomic mass is 10.1. The van der Waals surface area contributed by atoms with E-state index in [2.05, 4.69) is 4.90 Å². The van der Waals surface area contributed by atoms with Crippen molar-refractivity contribution in [3.8, 4) is 11.5 Å². The fourth-order valence-corrected chi connectivity index (χ4v) is 2.74. The molecule has 1 aliphatic heterocycles. The highest BCUT2D eigenvalue weighted by molar-refractivity contribution is 5.40. The number of hydrogen-bond acceptors (Lipinski definition) is 3. The summed E-state index contributed by atoms with van der Waals surface area (Å²) in [5, 5.41) is 0. The SMILES string of the molecule is COc1ccc(CN2Cc3ccc(OC)c(F)c3C2)cc1. The molecule has 0 N–H and O–H groups in total. The molecule has 0 spiro atoms. The molecule has 0 aromatic heterocycles. The van der Waals surface area contributed by atoms with Crippen LogP contribution in [-0.2, 0) is 19.6 Å².